The number of amides is 1. The molecule has 1 fully saturated rings. The summed E-state index contributed by atoms with van der Waals surface area (Å²) in [6.07, 6.45) is 5.27. The van der Waals surface area contributed by atoms with Crippen molar-refractivity contribution in [1.82, 2.24) is 15.0 Å². The fourth-order valence-corrected chi connectivity index (χ4v) is 3.86. The predicted octanol–water partition coefficient (Wildman–Crippen LogP) is 4.07. The Morgan fingerprint density at radius 2 is 2.28 bits per heavy atom. The van der Waals surface area contributed by atoms with Gasteiger partial charge in [0.25, 0.3) is 0 Å². The zero-order valence-corrected chi connectivity index (χ0v) is 14.7. The molecule has 130 valence electrons. The van der Waals surface area contributed by atoms with Gasteiger partial charge in [-0.15, -0.1) is 0 Å². The third-order valence-corrected chi connectivity index (χ3v) is 5.17. The van der Waals surface area contributed by atoms with Gasteiger partial charge >= 0.3 is 0 Å². The van der Waals surface area contributed by atoms with Crippen LogP contribution in [0.1, 0.15) is 47.9 Å². The number of H-pyrrole nitrogens is 1. The molecule has 1 amide bonds. The third kappa shape index (κ3) is 2.95. The highest BCUT2D eigenvalue weighted by molar-refractivity contribution is 5.86. The Morgan fingerprint density at radius 3 is 3.08 bits per heavy atom. The number of aromatic nitrogens is 2. The van der Waals surface area contributed by atoms with Gasteiger partial charge in [0.15, 0.2) is 5.76 Å². The second-order valence-corrected chi connectivity index (χ2v) is 6.93. The highest BCUT2D eigenvalue weighted by Gasteiger charge is 2.32. The average Bonchev–Trinajstić information content (AvgIpc) is 3.32. The summed E-state index contributed by atoms with van der Waals surface area (Å²) in [5.41, 5.74) is 4.47. The highest BCUT2D eigenvalue weighted by Crippen LogP contribution is 2.33. The zero-order chi connectivity index (χ0) is 17.4. The number of para-hydroxylation sites is 1. The molecule has 1 atom stereocenters. The van der Waals surface area contributed by atoms with Crippen molar-refractivity contribution in [3.8, 4) is 0 Å². The second kappa shape index (κ2) is 6.39. The van der Waals surface area contributed by atoms with Gasteiger partial charge in [-0.3, -0.25) is 4.79 Å². The normalized spacial score (nSPS) is 17.5. The molecule has 0 bridgehead atoms. The number of fused-ring (bicyclic) bond motifs is 1. The summed E-state index contributed by atoms with van der Waals surface area (Å²) in [5.74, 6) is 1.00. The summed E-state index contributed by atoms with van der Waals surface area (Å²) in [5, 5.41) is 5.19. The van der Waals surface area contributed by atoms with E-state index < -0.39 is 0 Å². The van der Waals surface area contributed by atoms with Crippen molar-refractivity contribution in [2.24, 2.45) is 0 Å². The van der Waals surface area contributed by atoms with Crippen LogP contribution >= 0.6 is 0 Å². The van der Waals surface area contributed by atoms with Crippen molar-refractivity contribution in [3.63, 3.8) is 0 Å². The highest BCUT2D eigenvalue weighted by atomic mass is 16.5. The maximum Gasteiger partial charge on any atom is 0.223 e. The molecule has 0 spiro atoms. The fourth-order valence-electron chi connectivity index (χ4n) is 3.86. The van der Waals surface area contributed by atoms with Gasteiger partial charge in [0, 0.05) is 36.1 Å². The molecule has 4 rings (SSSR count). The molecule has 5 nitrogen and oxygen atoms in total. The van der Waals surface area contributed by atoms with E-state index in [0.717, 1.165) is 37.3 Å². The molecule has 0 radical (unpaired) electrons. The molecular weight excluding hydrogens is 314 g/mol. The Balaban J connectivity index is 1.47. The van der Waals surface area contributed by atoms with Crippen LogP contribution in [0.15, 0.2) is 35.0 Å². The van der Waals surface area contributed by atoms with E-state index in [9.17, 15) is 4.79 Å². The smallest absolute Gasteiger partial charge is 0.223 e. The first-order chi connectivity index (χ1) is 12.1. The van der Waals surface area contributed by atoms with E-state index in [1.165, 1.54) is 22.0 Å². The average molecular weight is 337 g/mol. The summed E-state index contributed by atoms with van der Waals surface area (Å²) in [4.78, 5) is 18.1. The summed E-state index contributed by atoms with van der Waals surface area (Å²) in [6.45, 7) is 4.81. The number of hydrogen-bond donors (Lipinski definition) is 1. The molecule has 3 aromatic rings. The Bertz CT molecular complexity index is 909. The lowest BCUT2D eigenvalue weighted by molar-refractivity contribution is -0.132. The van der Waals surface area contributed by atoms with E-state index in [0.29, 0.717) is 6.42 Å². The third-order valence-electron chi connectivity index (χ3n) is 5.17. The van der Waals surface area contributed by atoms with Gasteiger partial charge in [-0.25, -0.2) is 0 Å². The lowest BCUT2D eigenvalue weighted by Gasteiger charge is -2.22. The summed E-state index contributed by atoms with van der Waals surface area (Å²) < 4.78 is 5.40. The number of nitrogens with one attached hydrogen (secondary N) is 1. The van der Waals surface area contributed by atoms with Gasteiger partial charge in [-0.05, 0) is 44.2 Å². The van der Waals surface area contributed by atoms with E-state index in [2.05, 4.69) is 35.3 Å². The summed E-state index contributed by atoms with van der Waals surface area (Å²) in [7, 11) is 0. The van der Waals surface area contributed by atoms with Crippen molar-refractivity contribution in [2.45, 2.75) is 45.6 Å². The number of carbonyl (C=O) groups is 1. The van der Waals surface area contributed by atoms with Crippen LogP contribution in [-0.4, -0.2) is 27.5 Å². The number of likely N-dealkylation sites (tertiary alicyclic amines) is 1. The number of carbonyl (C=O) groups excluding carboxylic acids is 1. The molecule has 0 unspecified atom stereocenters. The fraction of sp³-hybridized carbons (Fsp3) is 0.400. The van der Waals surface area contributed by atoms with E-state index >= 15 is 0 Å². The number of nitrogens with zero attached hydrogens (tertiary/aromatic N) is 2. The van der Waals surface area contributed by atoms with Gasteiger partial charge in [0.05, 0.1) is 11.7 Å². The maximum atomic E-state index is 12.8. The summed E-state index contributed by atoms with van der Waals surface area (Å²) >= 11 is 0. The Kier molecular flexibility index (Phi) is 4.07. The minimum absolute atomic E-state index is 0.0407. The van der Waals surface area contributed by atoms with Crippen LogP contribution in [0.2, 0.25) is 0 Å². The van der Waals surface area contributed by atoms with Crippen molar-refractivity contribution in [3.05, 3.63) is 53.0 Å². The van der Waals surface area contributed by atoms with Gasteiger partial charge in [-0.1, -0.05) is 23.4 Å². The first-order valence-electron chi connectivity index (χ1n) is 8.92. The Labute approximate surface area is 147 Å². The first kappa shape index (κ1) is 15.9. The van der Waals surface area contributed by atoms with E-state index in [-0.39, 0.29) is 11.9 Å². The van der Waals surface area contributed by atoms with E-state index in [4.69, 9.17) is 4.52 Å². The van der Waals surface area contributed by atoms with Crippen LogP contribution < -0.4 is 0 Å². The number of aryl methyl sites for hydroxylation is 3. The molecule has 1 saturated heterocycles. The standard InChI is InChI=1S/C20H23N3O2/c1-13-5-3-6-16-15(12-21-20(13)16)8-9-19(24)23-10-4-7-17(23)18-11-14(2)22-25-18/h3,5-6,11-12,17,21H,4,7-10H2,1-2H3/t17-/m1/s1. The largest absolute Gasteiger partial charge is 0.361 e. The number of aromatic amines is 1. The van der Waals surface area contributed by atoms with Crippen LogP contribution in [0, 0.1) is 13.8 Å². The summed E-state index contributed by atoms with van der Waals surface area (Å²) in [6, 6.07) is 8.27. The monoisotopic (exact) mass is 337 g/mol. The quantitative estimate of drug-likeness (QED) is 0.780. The van der Waals surface area contributed by atoms with E-state index in [1.54, 1.807) is 0 Å². The molecule has 1 aliphatic heterocycles. The molecule has 2 aromatic heterocycles. The van der Waals surface area contributed by atoms with Gasteiger partial charge < -0.3 is 14.4 Å². The van der Waals surface area contributed by atoms with Gasteiger partial charge in [0.1, 0.15) is 0 Å². The lowest BCUT2D eigenvalue weighted by Crippen LogP contribution is -2.30. The maximum absolute atomic E-state index is 12.8. The molecule has 1 N–H and O–H groups in total. The molecule has 0 saturated carbocycles. The van der Waals surface area contributed by atoms with Gasteiger partial charge in [-0.2, -0.15) is 0 Å². The number of benzene rings is 1. The molecule has 1 aliphatic rings. The molecule has 25 heavy (non-hydrogen) atoms. The number of rotatable bonds is 4. The van der Waals surface area contributed by atoms with Crippen molar-refractivity contribution in [1.29, 1.82) is 0 Å². The zero-order valence-electron chi connectivity index (χ0n) is 14.7. The first-order valence-corrected chi connectivity index (χ1v) is 8.92. The SMILES string of the molecule is Cc1cc([C@H]2CCCN2C(=O)CCc2c[nH]c3c(C)cccc23)on1. The Hall–Kier alpha value is -2.56. The Morgan fingerprint density at radius 1 is 1.40 bits per heavy atom. The topological polar surface area (TPSA) is 62.1 Å². The molecule has 3 heterocycles. The van der Waals surface area contributed by atoms with Crippen LogP contribution in [0.3, 0.4) is 0 Å². The number of hydrogen-bond acceptors (Lipinski definition) is 3. The molecule has 1 aromatic carbocycles. The predicted molar refractivity (Wildman–Crippen MR) is 96.3 cm³/mol. The second-order valence-electron chi connectivity index (χ2n) is 6.93. The molecular formula is C20H23N3O2. The molecule has 5 heteroatoms. The minimum atomic E-state index is 0.0407. The van der Waals surface area contributed by atoms with Crippen molar-refractivity contribution in [2.75, 3.05) is 6.54 Å². The van der Waals surface area contributed by atoms with E-state index in [1.807, 2.05) is 24.1 Å². The van der Waals surface area contributed by atoms with Crippen LogP contribution in [0.25, 0.3) is 10.9 Å². The van der Waals surface area contributed by atoms with Crippen LogP contribution in [0.4, 0.5) is 0 Å². The van der Waals surface area contributed by atoms with Crippen LogP contribution in [0.5, 0.6) is 0 Å². The lowest BCUT2D eigenvalue weighted by atomic mass is 10.1. The van der Waals surface area contributed by atoms with Gasteiger partial charge in [0.2, 0.25) is 5.91 Å². The van der Waals surface area contributed by atoms with Crippen LogP contribution in [-0.2, 0) is 11.2 Å². The van der Waals surface area contributed by atoms with Crippen molar-refractivity contribution < 1.29 is 9.32 Å². The van der Waals surface area contributed by atoms with Crippen molar-refractivity contribution >= 4 is 16.8 Å². The molecule has 0 aliphatic carbocycles. The minimum Gasteiger partial charge on any atom is -0.361 e.